The highest BCUT2D eigenvalue weighted by Crippen LogP contribution is 2.39. The quantitative estimate of drug-likeness (QED) is 0.142. The van der Waals surface area contributed by atoms with E-state index in [9.17, 15) is 40.8 Å². The zero-order valence-electron chi connectivity index (χ0n) is 24.0. The Kier molecular flexibility index (Phi) is 13.0. The van der Waals surface area contributed by atoms with Crippen LogP contribution >= 0.6 is 69.6 Å². The Bertz CT molecular complexity index is 1860. The van der Waals surface area contributed by atoms with E-state index in [1.165, 1.54) is 18.2 Å². The zero-order valence-corrected chi connectivity index (χ0v) is 29.3. The van der Waals surface area contributed by atoms with Crippen molar-refractivity contribution in [3.63, 3.8) is 0 Å². The third-order valence-corrected chi connectivity index (χ3v) is 8.98. The number of ether oxygens (including phenoxy) is 1. The number of rotatable bonds is 8. The fourth-order valence-electron chi connectivity index (χ4n) is 4.30. The molecule has 0 bridgehead atoms. The van der Waals surface area contributed by atoms with Crippen molar-refractivity contribution in [3.8, 4) is 5.69 Å². The van der Waals surface area contributed by atoms with Crippen molar-refractivity contribution >= 4 is 103 Å². The minimum atomic E-state index is -4.65. The molecular formula is C27H20Cl6F3N3O8S. The first-order valence-corrected chi connectivity index (χ1v) is 17.2. The molecule has 0 atom stereocenters. The lowest BCUT2D eigenvalue weighted by Crippen LogP contribution is -2.35. The molecule has 2 aromatic carbocycles. The maximum atomic E-state index is 12.7. The molecule has 0 saturated heterocycles. The standard InChI is InChI=1S/C17H16ClF3O6S.C10H4Cl5N3O2/c1-28(25,26)13-6-5-9(15(18)10(13)7-27-8-17(19,20)21)16(24)14-11(22)3-2-4-12(14)23;11-4-1-2-6(5(12)3-4)18-9(10(13,14)15)16-7(17-18)8(19)20/h5-6,14H,2-4,7-8H2,1H3;1-3H,(H,19,20). The molecule has 4 rings (SSSR count). The Morgan fingerprint density at radius 2 is 1.65 bits per heavy atom. The molecule has 1 aromatic heterocycles. The first-order chi connectivity index (χ1) is 22.0. The molecule has 0 aliphatic heterocycles. The van der Waals surface area contributed by atoms with Crippen molar-refractivity contribution in [2.75, 3.05) is 12.9 Å². The second-order valence-corrected chi connectivity index (χ2v) is 15.4. The van der Waals surface area contributed by atoms with Gasteiger partial charge in [0.15, 0.2) is 33.0 Å². The molecule has 1 fully saturated rings. The minimum Gasteiger partial charge on any atom is -0.475 e. The SMILES string of the molecule is CS(=O)(=O)c1ccc(C(=O)C2C(=O)CCCC2=O)c(Cl)c1COCC(F)(F)F.O=C(O)c1nc(C(Cl)(Cl)Cl)n(-c2ccc(Cl)cc2Cl)n1. The molecule has 1 N–H and O–H groups in total. The smallest absolute Gasteiger partial charge is 0.411 e. The number of carboxylic acids is 1. The highest BCUT2D eigenvalue weighted by Gasteiger charge is 2.38. The van der Waals surface area contributed by atoms with Crippen LogP contribution in [0.2, 0.25) is 15.1 Å². The molecule has 0 amide bonds. The molecule has 260 valence electrons. The molecule has 11 nitrogen and oxygen atoms in total. The summed E-state index contributed by atoms with van der Waals surface area (Å²) in [7, 11) is -3.90. The summed E-state index contributed by atoms with van der Waals surface area (Å²) in [6.07, 6.45) is -3.40. The largest absolute Gasteiger partial charge is 0.475 e. The molecule has 1 aliphatic rings. The van der Waals surface area contributed by atoms with Gasteiger partial charge < -0.3 is 9.84 Å². The number of alkyl halides is 6. The van der Waals surface area contributed by atoms with Gasteiger partial charge in [-0.2, -0.15) is 13.2 Å². The second-order valence-electron chi connectivity index (χ2n) is 9.94. The molecule has 0 unspecified atom stereocenters. The van der Waals surface area contributed by atoms with E-state index in [4.69, 9.17) is 74.7 Å². The van der Waals surface area contributed by atoms with E-state index < -0.39 is 78.0 Å². The summed E-state index contributed by atoms with van der Waals surface area (Å²) in [5.74, 6) is -5.65. The van der Waals surface area contributed by atoms with E-state index in [1.807, 2.05) is 0 Å². The monoisotopic (exact) mass is 813 g/mol. The van der Waals surface area contributed by atoms with Crippen LogP contribution in [0.3, 0.4) is 0 Å². The van der Waals surface area contributed by atoms with Gasteiger partial charge in [-0.15, -0.1) is 5.10 Å². The van der Waals surface area contributed by atoms with Crippen molar-refractivity contribution in [2.45, 2.75) is 40.7 Å². The number of aromatic carboxylic acids is 1. The fraction of sp³-hybridized carbons (Fsp3) is 0.333. The topological polar surface area (TPSA) is 163 Å². The first kappa shape index (κ1) is 39.9. The number of carbonyl (C=O) groups excluding carboxylic acids is 3. The normalized spacial score (nSPS) is 14.5. The van der Waals surface area contributed by atoms with Crippen LogP contribution in [0.1, 0.15) is 51.6 Å². The number of hydrogen-bond donors (Lipinski definition) is 1. The number of carbonyl (C=O) groups is 4. The minimum absolute atomic E-state index is 0.0444. The third-order valence-electron chi connectivity index (χ3n) is 6.32. The fourth-order valence-corrected chi connectivity index (χ4v) is 6.45. The van der Waals surface area contributed by atoms with Gasteiger partial charge in [-0.25, -0.2) is 22.9 Å². The number of Topliss-reactive ketones (excluding diaryl/α,β-unsaturated/α-hetero) is 3. The summed E-state index contributed by atoms with van der Waals surface area (Å²) < 4.78 is 64.4. The van der Waals surface area contributed by atoms with E-state index in [0.29, 0.717) is 11.4 Å². The van der Waals surface area contributed by atoms with Crippen molar-refractivity contribution in [1.29, 1.82) is 0 Å². The van der Waals surface area contributed by atoms with Crippen LogP contribution in [0.5, 0.6) is 0 Å². The van der Waals surface area contributed by atoms with Gasteiger partial charge in [0.1, 0.15) is 12.5 Å². The third kappa shape index (κ3) is 10.0. The van der Waals surface area contributed by atoms with Crippen LogP contribution in [-0.4, -0.2) is 70.6 Å². The Labute approximate surface area is 300 Å². The van der Waals surface area contributed by atoms with Gasteiger partial charge in [0, 0.05) is 35.2 Å². The Morgan fingerprint density at radius 3 is 2.15 bits per heavy atom. The maximum absolute atomic E-state index is 12.7. The summed E-state index contributed by atoms with van der Waals surface area (Å²) in [5, 5.41) is 12.8. The Morgan fingerprint density at radius 1 is 1.04 bits per heavy atom. The molecule has 1 aliphatic carbocycles. The van der Waals surface area contributed by atoms with E-state index in [2.05, 4.69) is 14.8 Å². The number of nitrogens with zero attached hydrogens (tertiary/aromatic N) is 3. The maximum Gasteiger partial charge on any atom is 0.411 e. The number of carboxylic acid groups (broad SMARTS) is 1. The number of hydrogen-bond acceptors (Lipinski definition) is 9. The van der Waals surface area contributed by atoms with Crippen LogP contribution in [0.15, 0.2) is 35.2 Å². The van der Waals surface area contributed by atoms with Gasteiger partial charge in [-0.1, -0.05) is 69.6 Å². The Balaban J connectivity index is 0.000000275. The van der Waals surface area contributed by atoms with Crippen LogP contribution in [0.4, 0.5) is 13.2 Å². The lowest BCUT2D eigenvalue weighted by atomic mass is 9.81. The highest BCUT2D eigenvalue weighted by molar-refractivity contribution is 7.90. The van der Waals surface area contributed by atoms with Crippen molar-refractivity contribution in [3.05, 3.63) is 68.2 Å². The Hall–Kier alpha value is -2.50. The van der Waals surface area contributed by atoms with E-state index in [1.54, 1.807) is 0 Å². The number of ketones is 3. The van der Waals surface area contributed by atoms with Crippen molar-refractivity contribution < 1.29 is 50.6 Å². The van der Waals surface area contributed by atoms with Crippen molar-refractivity contribution in [1.82, 2.24) is 14.8 Å². The summed E-state index contributed by atoms with van der Waals surface area (Å²) in [6, 6.07) is 6.53. The summed E-state index contributed by atoms with van der Waals surface area (Å²) in [6.45, 7) is -2.47. The summed E-state index contributed by atoms with van der Waals surface area (Å²) in [5.41, 5.74) is -0.361. The average Bonchev–Trinajstić information content (AvgIpc) is 3.39. The van der Waals surface area contributed by atoms with Gasteiger partial charge in [0.2, 0.25) is 3.79 Å². The molecule has 1 heterocycles. The molecular weight excluding hydrogens is 796 g/mol. The number of halogens is 9. The van der Waals surface area contributed by atoms with E-state index >= 15 is 0 Å². The van der Waals surface area contributed by atoms with Gasteiger partial charge in [-0.05, 0) is 36.8 Å². The summed E-state index contributed by atoms with van der Waals surface area (Å²) >= 11 is 35.2. The molecule has 1 saturated carbocycles. The molecule has 0 spiro atoms. The van der Waals surface area contributed by atoms with Crippen LogP contribution in [0, 0.1) is 5.92 Å². The van der Waals surface area contributed by atoms with Gasteiger partial charge in [-0.3, -0.25) is 14.4 Å². The molecule has 3 aromatic rings. The van der Waals surface area contributed by atoms with Crippen molar-refractivity contribution in [2.24, 2.45) is 5.92 Å². The second kappa shape index (κ2) is 15.6. The first-order valence-electron chi connectivity index (χ1n) is 13.0. The predicted octanol–water partition coefficient (Wildman–Crippen LogP) is 7.04. The number of aromatic nitrogens is 3. The van der Waals surface area contributed by atoms with Crippen LogP contribution < -0.4 is 0 Å². The lowest BCUT2D eigenvalue weighted by molar-refractivity contribution is -0.176. The van der Waals surface area contributed by atoms with Crippen LogP contribution in [0.25, 0.3) is 5.69 Å². The van der Waals surface area contributed by atoms with E-state index in [0.717, 1.165) is 23.1 Å². The summed E-state index contributed by atoms with van der Waals surface area (Å²) in [4.78, 5) is 50.9. The number of benzene rings is 2. The highest BCUT2D eigenvalue weighted by atomic mass is 35.6. The molecule has 48 heavy (non-hydrogen) atoms. The number of sulfone groups is 1. The lowest BCUT2D eigenvalue weighted by Gasteiger charge is -2.20. The molecule has 21 heteroatoms. The average molecular weight is 816 g/mol. The van der Waals surface area contributed by atoms with Gasteiger partial charge >= 0.3 is 12.1 Å². The van der Waals surface area contributed by atoms with Crippen LogP contribution in [-0.2, 0) is 34.6 Å². The van der Waals surface area contributed by atoms with Gasteiger partial charge in [0.05, 0.1) is 27.2 Å². The molecule has 0 radical (unpaired) electrons. The van der Waals surface area contributed by atoms with E-state index in [-0.39, 0.29) is 40.5 Å². The van der Waals surface area contributed by atoms with Gasteiger partial charge in [0.25, 0.3) is 5.82 Å². The predicted molar refractivity (Wildman–Crippen MR) is 170 cm³/mol. The zero-order chi connectivity index (χ0) is 36.4.